The lowest BCUT2D eigenvalue weighted by atomic mass is 10.1. The van der Waals surface area contributed by atoms with Crippen molar-refractivity contribution in [1.82, 2.24) is 5.32 Å². The minimum atomic E-state index is -0.337. The maximum absolute atomic E-state index is 12.1. The van der Waals surface area contributed by atoms with Crippen molar-refractivity contribution in [2.75, 3.05) is 13.7 Å². The number of methoxy groups -OCH3 is 1. The van der Waals surface area contributed by atoms with Crippen molar-refractivity contribution in [3.63, 3.8) is 0 Å². The number of carbonyl (C=O) groups is 1. The zero-order valence-corrected chi connectivity index (χ0v) is 13.3. The summed E-state index contributed by atoms with van der Waals surface area (Å²) < 4.78 is 10.5. The second kappa shape index (κ2) is 8.08. The molecule has 122 valence electrons. The number of amides is 1. The topological polar surface area (TPSA) is 67.8 Å². The molecule has 0 bridgehead atoms. The molecule has 1 amide bonds. The van der Waals surface area contributed by atoms with Crippen LogP contribution in [0.25, 0.3) is 0 Å². The number of aromatic hydroxyl groups is 1. The van der Waals surface area contributed by atoms with Crippen LogP contribution in [0.15, 0.2) is 42.5 Å². The summed E-state index contributed by atoms with van der Waals surface area (Å²) >= 11 is 0. The molecule has 0 radical (unpaired) electrons. The fourth-order valence-corrected chi connectivity index (χ4v) is 2.03. The molecular weight excluding hydrogens is 294 g/mol. The summed E-state index contributed by atoms with van der Waals surface area (Å²) in [4.78, 5) is 12.1. The van der Waals surface area contributed by atoms with Crippen molar-refractivity contribution in [2.45, 2.75) is 19.9 Å². The predicted octanol–water partition coefficient (Wildman–Crippen LogP) is 3.12. The van der Waals surface area contributed by atoms with Gasteiger partial charge in [-0.2, -0.15) is 0 Å². The van der Waals surface area contributed by atoms with Crippen LogP contribution in [0.1, 0.15) is 29.3 Å². The Kier molecular flexibility index (Phi) is 5.86. The number of rotatable bonds is 7. The fourth-order valence-electron chi connectivity index (χ4n) is 2.03. The van der Waals surface area contributed by atoms with Crippen LogP contribution in [-0.2, 0) is 6.54 Å². The van der Waals surface area contributed by atoms with E-state index in [9.17, 15) is 9.90 Å². The molecule has 2 rings (SSSR count). The molecule has 0 saturated carbocycles. The Balaban J connectivity index is 1.93. The first-order chi connectivity index (χ1) is 11.1. The first-order valence-corrected chi connectivity index (χ1v) is 7.51. The molecule has 5 nitrogen and oxygen atoms in total. The molecule has 0 saturated heterocycles. The van der Waals surface area contributed by atoms with E-state index in [-0.39, 0.29) is 17.2 Å². The van der Waals surface area contributed by atoms with Crippen molar-refractivity contribution in [3.05, 3.63) is 53.6 Å². The van der Waals surface area contributed by atoms with Crippen LogP contribution >= 0.6 is 0 Å². The monoisotopic (exact) mass is 315 g/mol. The van der Waals surface area contributed by atoms with Crippen molar-refractivity contribution in [3.8, 4) is 17.2 Å². The van der Waals surface area contributed by atoms with E-state index in [1.807, 2.05) is 24.3 Å². The number of ether oxygens (including phenoxy) is 2. The average molecular weight is 315 g/mol. The fraction of sp³-hybridized carbons (Fsp3) is 0.278. The summed E-state index contributed by atoms with van der Waals surface area (Å²) in [5.74, 6) is 0.873. The van der Waals surface area contributed by atoms with Gasteiger partial charge in [-0.1, -0.05) is 19.1 Å². The molecule has 2 N–H and O–H groups in total. The lowest BCUT2D eigenvalue weighted by molar-refractivity contribution is 0.0948. The number of benzene rings is 2. The average Bonchev–Trinajstić information content (AvgIpc) is 2.58. The van der Waals surface area contributed by atoms with Gasteiger partial charge in [-0.3, -0.25) is 4.79 Å². The highest BCUT2D eigenvalue weighted by molar-refractivity contribution is 5.96. The van der Waals surface area contributed by atoms with E-state index >= 15 is 0 Å². The molecule has 0 aliphatic rings. The number of nitrogens with one attached hydrogen (secondary N) is 1. The SMILES string of the molecule is CCCOc1ccc(CNC(=O)c2ccc(OC)cc2O)cc1. The Bertz CT molecular complexity index is 653. The summed E-state index contributed by atoms with van der Waals surface area (Å²) in [6.45, 7) is 3.11. The Morgan fingerprint density at radius 2 is 1.83 bits per heavy atom. The molecule has 0 spiro atoms. The second-order valence-corrected chi connectivity index (χ2v) is 5.06. The summed E-state index contributed by atoms with van der Waals surface area (Å²) in [6.07, 6.45) is 0.961. The third-order valence-electron chi connectivity index (χ3n) is 3.30. The maximum Gasteiger partial charge on any atom is 0.255 e. The molecule has 2 aromatic rings. The maximum atomic E-state index is 12.1. The third kappa shape index (κ3) is 4.64. The van der Waals surface area contributed by atoms with Gasteiger partial charge in [0, 0.05) is 12.6 Å². The summed E-state index contributed by atoms with van der Waals surface area (Å²) in [5.41, 5.74) is 1.17. The normalized spacial score (nSPS) is 10.2. The van der Waals surface area contributed by atoms with E-state index in [0.29, 0.717) is 18.9 Å². The number of phenols is 1. The molecule has 0 aromatic heterocycles. The minimum absolute atomic E-state index is 0.106. The van der Waals surface area contributed by atoms with E-state index < -0.39 is 0 Å². The largest absolute Gasteiger partial charge is 0.507 e. The Morgan fingerprint density at radius 3 is 2.43 bits per heavy atom. The first kappa shape index (κ1) is 16.7. The van der Waals surface area contributed by atoms with Crippen LogP contribution in [0.2, 0.25) is 0 Å². The summed E-state index contributed by atoms with van der Waals surface area (Å²) in [7, 11) is 1.50. The molecule has 0 unspecified atom stereocenters. The number of phenolic OH excluding ortho intramolecular Hbond substituents is 1. The van der Waals surface area contributed by atoms with Gasteiger partial charge in [-0.05, 0) is 36.2 Å². The quantitative estimate of drug-likeness (QED) is 0.824. The lowest BCUT2D eigenvalue weighted by Crippen LogP contribution is -2.22. The van der Waals surface area contributed by atoms with Gasteiger partial charge >= 0.3 is 0 Å². The van der Waals surface area contributed by atoms with Crippen LogP contribution < -0.4 is 14.8 Å². The van der Waals surface area contributed by atoms with Crippen LogP contribution in [-0.4, -0.2) is 24.7 Å². The highest BCUT2D eigenvalue weighted by Gasteiger charge is 2.11. The van der Waals surface area contributed by atoms with Crippen LogP contribution in [0.5, 0.6) is 17.2 Å². The van der Waals surface area contributed by atoms with Crippen LogP contribution in [0.3, 0.4) is 0 Å². The molecule has 2 aromatic carbocycles. The first-order valence-electron chi connectivity index (χ1n) is 7.51. The van der Waals surface area contributed by atoms with Gasteiger partial charge in [0.05, 0.1) is 19.3 Å². The molecule has 23 heavy (non-hydrogen) atoms. The smallest absolute Gasteiger partial charge is 0.255 e. The Morgan fingerprint density at radius 1 is 1.13 bits per heavy atom. The van der Waals surface area contributed by atoms with Gasteiger partial charge in [0.2, 0.25) is 0 Å². The van der Waals surface area contributed by atoms with Crippen molar-refractivity contribution in [1.29, 1.82) is 0 Å². The van der Waals surface area contributed by atoms with E-state index in [2.05, 4.69) is 12.2 Å². The highest BCUT2D eigenvalue weighted by Crippen LogP contribution is 2.23. The predicted molar refractivity (Wildman–Crippen MR) is 88.1 cm³/mol. The van der Waals surface area contributed by atoms with Crippen molar-refractivity contribution in [2.24, 2.45) is 0 Å². The van der Waals surface area contributed by atoms with Gasteiger partial charge in [-0.25, -0.2) is 0 Å². The molecular formula is C18H21NO4. The zero-order valence-electron chi connectivity index (χ0n) is 13.3. The standard InChI is InChI=1S/C18H21NO4/c1-3-10-23-14-6-4-13(5-7-14)12-19-18(21)16-9-8-15(22-2)11-17(16)20/h4-9,11,20H,3,10,12H2,1-2H3,(H,19,21). The van der Waals surface area contributed by atoms with E-state index in [0.717, 1.165) is 17.7 Å². The molecule has 0 fully saturated rings. The molecule has 0 heterocycles. The molecule has 0 aliphatic heterocycles. The highest BCUT2D eigenvalue weighted by atomic mass is 16.5. The second-order valence-electron chi connectivity index (χ2n) is 5.06. The molecule has 0 aliphatic carbocycles. The molecule has 0 atom stereocenters. The van der Waals surface area contributed by atoms with Crippen molar-refractivity contribution < 1.29 is 19.4 Å². The minimum Gasteiger partial charge on any atom is -0.507 e. The van der Waals surface area contributed by atoms with Gasteiger partial charge in [0.25, 0.3) is 5.91 Å². The lowest BCUT2D eigenvalue weighted by Gasteiger charge is -2.09. The van der Waals surface area contributed by atoms with Gasteiger partial charge in [-0.15, -0.1) is 0 Å². The van der Waals surface area contributed by atoms with E-state index in [1.54, 1.807) is 6.07 Å². The van der Waals surface area contributed by atoms with Gasteiger partial charge in [0.1, 0.15) is 17.2 Å². The van der Waals surface area contributed by atoms with E-state index in [1.165, 1.54) is 19.2 Å². The van der Waals surface area contributed by atoms with Crippen LogP contribution in [0.4, 0.5) is 0 Å². The third-order valence-corrected chi connectivity index (χ3v) is 3.30. The Hall–Kier alpha value is -2.69. The van der Waals surface area contributed by atoms with Crippen molar-refractivity contribution >= 4 is 5.91 Å². The number of carbonyl (C=O) groups excluding carboxylic acids is 1. The zero-order chi connectivity index (χ0) is 16.7. The Labute approximate surface area is 135 Å². The van der Waals surface area contributed by atoms with Gasteiger partial charge in [0.15, 0.2) is 0 Å². The summed E-state index contributed by atoms with van der Waals surface area (Å²) in [5, 5.41) is 12.6. The number of hydrogen-bond acceptors (Lipinski definition) is 4. The molecule has 5 heteroatoms. The van der Waals surface area contributed by atoms with Gasteiger partial charge < -0.3 is 19.9 Å². The van der Waals surface area contributed by atoms with E-state index in [4.69, 9.17) is 9.47 Å². The summed E-state index contributed by atoms with van der Waals surface area (Å²) in [6, 6.07) is 12.1. The van der Waals surface area contributed by atoms with Crippen LogP contribution in [0, 0.1) is 0 Å². The number of hydrogen-bond donors (Lipinski definition) is 2.